The molecule has 0 aromatic heterocycles. The van der Waals surface area contributed by atoms with Gasteiger partial charge in [0.1, 0.15) is 0 Å². The zero-order valence-electron chi connectivity index (χ0n) is 11.3. The third-order valence-corrected chi connectivity index (χ3v) is 3.98. The van der Waals surface area contributed by atoms with Gasteiger partial charge < -0.3 is 9.84 Å². The number of nitrogens with zero attached hydrogens (tertiary/aromatic N) is 2. The summed E-state index contributed by atoms with van der Waals surface area (Å²) in [5.74, 6) is -0.817. The molecule has 104 valence electrons. The van der Waals surface area contributed by atoms with Crippen LogP contribution < -0.4 is 0 Å². The fourth-order valence-electron chi connectivity index (χ4n) is 2.77. The number of rotatable bonds is 4. The second kappa shape index (κ2) is 5.99. The number of carboxylic acid groups (broad SMARTS) is 1. The SMILES string of the molecule is CC(C)N1CCN(C[C@@H]2CC[C@H](C(=O)O)O2)CC1. The smallest absolute Gasteiger partial charge is 0.332 e. The highest BCUT2D eigenvalue weighted by Gasteiger charge is 2.32. The van der Waals surface area contributed by atoms with E-state index in [-0.39, 0.29) is 6.10 Å². The number of piperazine rings is 1. The van der Waals surface area contributed by atoms with E-state index in [2.05, 4.69) is 23.6 Å². The maximum atomic E-state index is 10.8. The van der Waals surface area contributed by atoms with Crippen LogP contribution in [0.2, 0.25) is 0 Å². The van der Waals surface area contributed by atoms with Gasteiger partial charge in [0.05, 0.1) is 6.10 Å². The van der Waals surface area contributed by atoms with Gasteiger partial charge in [-0.05, 0) is 26.7 Å². The van der Waals surface area contributed by atoms with E-state index in [1.807, 2.05) is 0 Å². The Labute approximate surface area is 109 Å². The summed E-state index contributed by atoms with van der Waals surface area (Å²) < 4.78 is 5.55. The lowest BCUT2D eigenvalue weighted by Crippen LogP contribution is -2.50. The van der Waals surface area contributed by atoms with Crippen molar-refractivity contribution in [3.8, 4) is 0 Å². The van der Waals surface area contributed by atoms with Gasteiger partial charge in [0.25, 0.3) is 0 Å². The molecule has 0 aromatic carbocycles. The lowest BCUT2D eigenvalue weighted by molar-refractivity contribution is -0.149. The van der Waals surface area contributed by atoms with E-state index in [1.165, 1.54) is 0 Å². The average Bonchev–Trinajstić information content (AvgIpc) is 2.78. The van der Waals surface area contributed by atoms with Crippen LogP contribution in [0, 0.1) is 0 Å². The summed E-state index contributed by atoms with van der Waals surface area (Å²) in [5, 5.41) is 8.89. The van der Waals surface area contributed by atoms with Crippen molar-refractivity contribution < 1.29 is 14.6 Å². The van der Waals surface area contributed by atoms with Crippen LogP contribution in [-0.4, -0.2) is 71.8 Å². The van der Waals surface area contributed by atoms with Crippen molar-refractivity contribution in [2.24, 2.45) is 0 Å². The monoisotopic (exact) mass is 256 g/mol. The molecular formula is C13H24N2O3. The molecule has 2 saturated heterocycles. The zero-order chi connectivity index (χ0) is 13.1. The summed E-state index contributed by atoms with van der Waals surface area (Å²) in [6.45, 7) is 9.68. The lowest BCUT2D eigenvalue weighted by Gasteiger charge is -2.37. The first-order valence-corrected chi connectivity index (χ1v) is 6.91. The molecule has 5 nitrogen and oxygen atoms in total. The van der Waals surface area contributed by atoms with Crippen LogP contribution in [0.15, 0.2) is 0 Å². The normalized spacial score (nSPS) is 31.1. The van der Waals surface area contributed by atoms with Crippen LogP contribution in [0.1, 0.15) is 26.7 Å². The largest absolute Gasteiger partial charge is 0.479 e. The van der Waals surface area contributed by atoms with Gasteiger partial charge in [-0.25, -0.2) is 4.79 Å². The Hall–Kier alpha value is -0.650. The number of carboxylic acids is 1. The summed E-state index contributed by atoms with van der Waals surface area (Å²) in [7, 11) is 0. The van der Waals surface area contributed by atoms with Crippen molar-refractivity contribution in [1.29, 1.82) is 0 Å². The van der Waals surface area contributed by atoms with Crippen molar-refractivity contribution >= 4 is 5.97 Å². The molecule has 18 heavy (non-hydrogen) atoms. The Kier molecular flexibility index (Phi) is 4.59. The molecule has 2 heterocycles. The molecular weight excluding hydrogens is 232 g/mol. The van der Waals surface area contributed by atoms with E-state index in [4.69, 9.17) is 9.84 Å². The lowest BCUT2D eigenvalue weighted by atomic mass is 10.1. The predicted molar refractivity (Wildman–Crippen MR) is 68.7 cm³/mol. The summed E-state index contributed by atoms with van der Waals surface area (Å²) in [6, 6.07) is 0.617. The van der Waals surface area contributed by atoms with Crippen LogP contribution in [0.3, 0.4) is 0 Å². The number of hydrogen-bond acceptors (Lipinski definition) is 4. The molecule has 0 unspecified atom stereocenters. The fourth-order valence-corrected chi connectivity index (χ4v) is 2.77. The topological polar surface area (TPSA) is 53.0 Å². The Bertz CT molecular complexity index is 288. The summed E-state index contributed by atoms with van der Waals surface area (Å²) in [6.07, 6.45) is 1.07. The zero-order valence-corrected chi connectivity index (χ0v) is 11.3. The van der Waals surface area contributed by atoms with Crippen molar-refractivity contribution in [3.63, 3.8) is 0 Å². The van der Waals surface area contributed by atoms with Crippen LogP contribution in [0.5, 0.6) is 0 Å². The van der Waals surface area contributed by atoms with E-state index in [1.54, 1.807) is 0 Å². The molecule has 2 atom stereocenters. The van der Waals surface area contributed by atoms with Crippen molar-refractivity contribution in [2.75, 3.05) is 32.7 Å². The fraction of sp³-hybridized carbons (Fsp3) is 0.923. The molecule has 0 radical (unpaired) electrons. The summed E-state index contributed by atoms with van der Waals surface area (Å²) >= 11 is 0. The predicted octanol–water partition coefficient (Wildman–Crippen LogP) is 0.645. The third-order valence-electron chi connectivity index (χ3n) is 3.98. The maximum Gasteiger partial charge on any atom is 0.332 e. The minimum absolute atomic E-state index is 0.108. The van der Waals surface area contributed by atoms with E-state index in [0.717, 1.165) is 39.1 Å². The standard InChI is InChI=1S/C13H24N2O3/c1-10(2)15-7-5-14(6-8-15)9-11-3-4-12(18-11)13(16)17/h10-12H,3-9H2,1-2H3,(H,16,17)/t11-,12+/m0/s1. The minimum Gasteiger partial charge on any atom is -0.479 e. The molecule has 0 bridgehead atoms. The van der Waals surface area contributed by atoms with Crippen LogP contribution >= 0.6 is 0 Å². The van der Waals surface area contributed by atoms with Crippen LogP contribution in [-0.2, 0) is 9.53 Å². The second-order valence-corrected chi connectivity index (χ2v) is 5.59. The molecule has 0 spiro atoms. The molecule has 0 amide bonds. The Balaban J connectivity index is 1.71. The van der Waals surface area contributed by atoms with E-state index in [9.17, 15) is 4.79 Å². The van der Waals surface area contributed by atoms with Gasteiger partial charge in [-0.15, -0.1) is 0 Å². The van der Waals surface area contributed by atoms with E-state index >= 15 is 0 Å². The quantitative estimate of drug-likeness (QED) is 0.800. The van der Waals surface area contributed by atoms with Crippen molar-refractivity contribution in [1.82, 2.24) is 9.80 Å². The maximum absolute atomic E-state index is 10.8. The molecule has 0 aliphatic carbocycles. The number of carbonyl (C=O) groups is 1. The molecule has 2 fully saturated rings. The van der Waals surface area contributed by atoms with E-state index in [0.29, 0.717) is 12.5 Å². The molecule has 2 rings (SSSR count). The summed E-state index contributed by atoms with van der Waals surface area (Å²) in [4.78, 5) is 15.7. The Morgan fingerprint density at radius 1 is 1.28 bits per heavy atom. The van der Waals surface area contributed by atoms with Crippen LogP contribution in [0.4, 0.5) is 0 Å². The Morgan fingerprint density at radius 3 is 2.44 bits per heavy atom. The molecule has 2 aliphatic heterocycles. The van der Waals surface area contributed by atoms with Crippen LogP contribution in [0.25, 0.3) is 0 Å². The van der Waals surface area contributed by atoms with Gasteiger partial charge in [-0.1, -0.05) is 0 Å². The van der Waals surface area contributed by atoms with Gasteiger partial charge in [-0.2, -0.15) is 0 Å². The number of ether oxygens (including phenoxy) is 1. The molecule has 0 saturated carbocycles. The molecule has 1 N–H and O–H groups in total. The van der Waals surface area contributed by atoms with Crippen molar-refractivity contribution in [2.45, 2.75) is 44.9 Å². The second-order valence-electron chi connectivity index (χ2n) is 5.59. The molecule has 2 aliphatic rings. The number of hydrogen-bond donors (Lipinski definition) is 1. The van der Waals surface area contributed by atoms with Gasteiger partial charge in [0.15, 0.2) is 6.10 Å². The molecule has 0 aromatic rings. The molecule has 5 heteroatoms. The highest BCUT2D eigenvalue weighted by Crippen LogP contribution is 2.21. The average molecular weight is 256 g/mol. The van der Waals surface area contributed by atoms with Gasteiger partial charge in [-0.3, -0.25) is 9.80 Å². The minimum atomic E-state index is -0.817. The number of aliphatic carboxylic acids is 1. The Morgan fingerprint density at radius 2 is 1.94 bits per heavy atom. The van der Waals surface area contributed by atoms with Gasteiger partial charge in [0.2, 0.25) is 0 Å². The first kappa shape index (κ1) is 13.8. The highest BCUT2D eigenvalue weighted by atomic mass is 16.5. The first-order chi connectivity index (χ1) is 8.56. The van der Waals surface area contributed by atoms with Crippen molar-refractivity contribution in [3.05, 3.63) is 0 Å². The first-order valence-electron chi connectivity index (χ1n) is 6.91. The third kappa shape index (κ3) is 3.43. The van der Waals surface area contributed by atoms with Gasteiger partial charge >= 0.3 is 5.97 Å². The summed E-state index contributed by atoms with van der Waals surface area (Å²) in [5.41, 5.74) is 0. The highest BCUT2D eigenvalue weighted by molar-refractivity contribution is 5.72. The van der Waals surface area contributed by atoms with Gasteiger partial charge in [0, 0.05) is 38.8 Å². The van der Waals surface area contributed by atoms with E-state index < -0.39 is 12.1 Å².